The minimum Gasteiger partial charge on any atom is -0.455 e. The molecule has 4 atom stereocenters. The van der Waals surface area contributed by atoms with E-state index in [1.807, 2.05) is 0 Å². The van der Waals surface area contributed by atoms with Crippen LogP contribution in [0.25, 0.3) is 0 Å². The molecule has 9 nitrogen and oxygen atoms in total. The van der Waals surface area contributed by atoms with Crippen LogP contribution in [0.1, 0.15) is 34.6 Å². The molecule has 24 heavy (non-hydrogen) atoms. The van der Waals surface area contributed by atoms with Crippen molar-refractivity contribution in [2.45, 2.75) is 59.2 Å². The summed E-state index contributed by atoms with van der Waals surface area (Å²) in [4.78, 5) is 45.5. The van der Waals surface area contributed by atoms with Gasteiger partial charge in [-0.1, -0.05) is 13.8 Å². The van der Waals surface area contributed by atoms with Gasteiger partial charge in [-0.3, -0.25) is 19.2 Å². The standard InChI is InChI=1S/C15H23NO8/c1-7(2)14(20)16-6-11-12(21-8(3)17)13(22-9(4)18)15(24-11)23-10(5)19/h7,11-13,15H,6H2,1-5H3,(H,16,20)/t11-,12-,13-,15?/m1/s1. The molecule has 0 bridgehead atoms. The fourth-order valence-corrected chi connectivity index (χ4v) is 2.17. The van der Waals surface area contributed by atoms with E-state index < -0.39 is 42.5 Å². The largest absolute Gasteiger partial charge is 0.455 e. The molecule has 0 saturated carbocycles. The Hall–Kier alpha value is -2.16. The van der Waals surface area contributed by atoms with Crippen molar-refractivity contribution in [2.24, 2.45) is 5.92 Å². The number of nitrogens with one attached hydrogen (secondary N) is 1. The van der Waals surface area contributed by atoms with Gasteiger partial charge in [0, 0.05) is 33.2 Å². The van der Waals surface area contributed by atoms with Gasteiger partial charge in [-0.15, -0.1) is 0 Å². The molecule has 0 radical (unpaired) electrons. The van der Waals surface area contributed by atoms with Crippen LogP contribution in [0, 0.1) is 5.92 Å². The minimum absolute atomic E-state index is 0.00445. The Morgan fingerprint density at radius 1 is 0.917 bits per heavy atom. The van der Waals surface area contributed by atoms with Crippen LogP contribution in [-0.2, 0) is 38.1 Å². The van der Waals surface area contributed by atoms with Crippen LogP contribution in [0.4, 0.5) is 0 Å². The number of carbonyl (C=O) groups is 4. The monoisotopic (exact) mass is 345 g/mol. The molecule has 0 aromatic heterocycles. The molecule has 1 saturated heterocycles. The van der Waals surface area contributed by atoms with Crippen molar-refractivity contribution < 1.29 is 38.1 Å². The van der Waals surface area contributed by atoms with Crippen LogP contribution in [0.15, 0.2) is 0 Å². The van der Waals surface area contributed by atoms with Crippen molar-refractivity contribution in [1.82, 2.24) is 5.32 Å². The molecule has 1 aliphatic heterocycles. The van der Waals surface area contributed by atoms with Gasteiger partial charge < -0.3 is 24.3 Å². The average molecular weight is 345 g/mol. The maximum atomic E-state index is 11.7. The lowest BCUT2D eigenvalue weighted by Gasteiger charge is -2.23. The Morgan fingerprint density at radius 2 is 1.42 bits per heavy atom. The second-order valence-corrected chi connectivity index (χ2v) is 5.70. The van der Waals surface area contributed by atoms with Gasteiger partial charge in [-0.05, 0) is 0 Å². The third-order valence-electron chi connectivity index (χ3n) is 3.16. The zero-order chi connectivity index (χ0) is 18.4. The summed E-state index contributed by atoms with van der Waals surface area (Å²) in [5.74, 6) is -2.38. The van der Waals surface area contributed by atoms with Crippen molar-refractivity contribution in [2.75, 3.05) is 6.54 Å². The van der Waals surface area contributed by atoms with Crippen molar-refractivity contribution >= 4 is 23.8 Å². The normalized spacial score (nSPS) is 25.9. The minimum atomic E-state index is -1.23. The topological polar surface area (TPSA) is 117 Å². The molecule has 0 aromatic carbocycles. The Labute approximate surface area is 139 Å². The highest BCUT2D eigenvalue weighted by molar-refractivity contribution is 5.77. The van der Waals surface area contributed by atoms with Crippen LogP contribution >= 0.6 is 0 Å². The van der Waals surface area contributed by atoms with Gasteiger partial charge in [0.2, 0.25) is 18.3 Å². The number of hydrogen-bond donors (Lipinski definition) is 1. The van der Waals surface area contributed by atoms with Crippen LogP contribution in [0.3, 0.4) is 0 Å². The third kappa shape index (κ3) is 5.80. The molecule has 9 heteroatoms. The number of carbonyl (C=O) groups excluding carboxylic acids is 4. The number of amides is 1. The summed E-state index contributed by atoms with van der Waals surface area (Å²) in [5, 5.41) is 2.64. The Morgan fingerprint density at radius 3 is 1.88 bits per heavy atom. The predicted octanol–water partition coefficient (Wildman–Crippen LogP) is -0.0900. The molecule has 1 N–H and O–H groups in total. The molecule has 1 aliphatic rings. The van der Waals surface area contributed by atoms with Crippen LogP contribution in [0.2, 0.25) is 0 Å². The maximum Gasteiger partial charge on any atom is 0.305 e. The van der Waals surface area contributed by atoms with Gasteiger partial charge in [0.25, 0.3) is 0 Å². The quantitative estimate of drug-likeness (QED) is 0.524. The first-order valence-corrected chi connectivity index (χ1v) is 7.56. The molecule has 1 amide bonds. The summed E-state index contributed by atoms with van der Waals surface area (Å²) in [6, 6.07) is 0. The third-order valence-corrected chi connectivity index (χ3v) is 3.16. The second kappa shape index (κ2) is 8.62. The molecule has 0 aliphatic carbocycles. The zero-order valence-electron chi connectivity index (χ0n) is 14.4. The molecule has 1 heterocycles. The zero-order valence-corrected chi connectivity index (χ0v) is 14.4. The maximum absolute atomic E-state index is 11.7. The van der Waals surface area contributed by atoms with E-state index in [-0.39, 0.29) is 18.4 Å². The Balaban J connectivity index is 2.93. The number of esters is 3. The van der Waals surface area contributed by atoms with Crippen molar-refractivity contribution in [3.63, 3.8) is 0 Å². The van der Waals surface area contributed by atoms with Gasteiger partial charge >= 0.3 is 17.9 Å². The number of hydrogen-bond acceptors (Lipinski definition) is 8. The van der Waals surface area contributed by atoms with Gasteiger partial charge in [0.1, 0.15) is 6.10 Å². The van der Waals surface area contributed by atoms with Gasteiger partial charge in [0.05, 0.1) is 0 Å². The molecular formula is C15H23NO8. The average Bonchev–Trinajstić information content (AvgIpc) is 2.72. The van der Waals surface area contributed by atoms with Gasteiger partial charge in [-0.2, -0.15) is 0 Å². The Bertz CT molecular complexity index is 504. The van der Waals surface area contributed by atoms with E-state index in [4.69, 9.17) is 18.9 Å². The van der Waals surface area contributed by atoms with E-state index in [0.717, 1.165) is 0 Å². The van der Waals surface area contributed by atoms with E-state index >= 15 is 0 Å². The highest BCUT2D eigenvalue weighted by Crippen LogP contribution is 2.28. The highest BCUT2D eigenvalue weighted by Gasteiger charge is 2.51. The lowest BCUT2D eigenvalue weighted by molar-refractivity contribution is -0.195. The fourth-order valence-electron chi connectivity index (χ4n) is 2.17. The fraction of sp³-hybridized carbons (Fsp3) is 0.733. The molecule has 1 rings (SSSR count). The molecule has 136 valence electrons. The first-order chi connectivity index (χ1) is 11.1. The molecular weight excluding hydrogens is 322 g/mol. The van der Waals surface area contributed by atoms with Crippen molar-refractivity contribution in [3.8, 4) is 0 Å². The summed E-state index contributed by atoms with van der Waals surface area (Å²) in [5.41, 5.74) is 0. The number of ether oxygens (including phenoxy) is 4. The van der Waals surface area contributed by atoms with Crippen LogP contribution in [0.5, 0.6) is 0 Å². The van der Waals surface area contributed by atoms with E-state index in [2.05, 4.69) is 5.32 Å². The molecule has 1 unspecified atom stereocenters. The first kappa shape index (κ1) is 19.9. The molecule has 1 fully saturated rings. The van der Waals surface area contributed by atoms with E-state index in [1.165, 1.54) is 20.8 Å². The van der Waals surface area contributed by atoms with E-state index in [9.17, 15) is 19.2 Å². The van der Waals surface area contributed by atoms with Gasteiger partial charge in [-0.25, -0.2) is 0 Å². The molecule has 0 spiro atoms. The molecule has 0 aromatic rings. The summed E-state index contributed by atoms with van der Waals surface area (Å²) in [6.07, 6.45) is -4.18. The SMILES string of the molecule is CC(=O)OC1O[C@H](CNC(=O)C(C)C)[C@@H](OC(C)=O)[C@H]1OC(C)=O. The van der Waals surface area contributed by atoms with E-state index in [0.29, 0.717) is 0 Å². The summed E-state index contributed by atoms with van der Waals surface area (Å²) in [6.45, 7) is 6.97. The Kier molecular flexibility index (Phi) is 7.15. The lowest BCUT2D eigenvalue weighted by atomic mass is 10.1. The first-order valence-electron chi connectivity index (χ1n) is 7.56. The van der Waals surface area contributed by atoms with Crippen LogP contribution < -0.4 is 5.32 Å². The van der Waals surface area contributed by atoms with E-state index in [1.54, 1.807) is 13.8 Å². The lowest BCUT2D eigenvalue weighted by Crippen LogP contribution is -2.44. The number of rotatable bonds is 6. The van der Waals surface area contributed by atoms with Crippen LogP contribution in [-0.4, -0.2) is 55.0 Å². The van der Waals surface area contributed by atoms with Crippen molar-refractivity contribution in [1.29, 1.82) is 0 Å². The summed E-state index contributed by atoms with van der Waals surface area (Å²) >= 11 is 0. The van der Waals surface area contributed by atoms with Crippen molar-refractivity contribution in [3.05, 3.63) is 0 Å². The smallest absolute Gasteiger partial charge is 0.305 e. The second-order valence-electron chi connectivity index (χ2n) is 5.70. The summed E-state index contributed by atoms with van der Waals surface area (Å²) < 4.78 is 20.7. The summed E-state index contributed by atoms with van der Waals surface area (Å²) in [7, 11) is 0. The highest BCUT2D eigenvalue weighted by atomic mass is 16.7. The predicted molar refractivity (Wildman–Crippen MR) is 79.4 cm³/mol. The van der Waals surface area contributed by atoms with Gasteiger partial charge in [0.15, 0.2) is 6.10 Å².